The normalized spacial score (nSPS) is 17.2. The molecule has 0 saturated carbocycles. The van der Waals surface area contributed by atoms with Crippen LogP contribution in [0.2, 0.25) is 0 Å². The van der Waals surface area contributed by atoms with Gasteiger partial charge in [0.15, 0.2) is 0 Å². The van der Waals surface area contributed by atoms with Crippen molar-refractivity contribution in [3.05, 3.63) is 15.1 Å². The Morgan fingerprint density at radius 2 is 2.67 bits per heavy atom. The molecule has 32 valence electrons. The summed E-state index contributed by atoms with van der Waals surface area (Å²) in [4.78, 5) is 0. The molecule has 0 amide bonds. The highest BCUT2D eigenvalue weighted by atomic mass is 127. The van der Waals surface area contributed by atoms with E-state index in [-0.39, 0.29) is 0 Å². The molecule has 1 rings (SSSR count). The van der Waals surface area contributed by atoms with Crippen LogP contribution in [0.1, 0.15) is 0 Å². The Morgan fingerprint density at radius 3 is 2.83 bits per heavy atom. The molecule has 0 saturated heterocycles. The topological polar surface area (TPSA) is 0 Å². The first kappa shape index (κ1) is 4.62. The van der Waals surface area contributed by atoms with E-state index in [0.717, 1.165) is 0 Å². The van der Waals surface area contributed by atoms with Gasteiger partial charge in [-0.3, -0.25) is 0 Å². The molecule has 0 aromatic carbocycles. The molecule has 2 heteroatoms. The SMILES string of the molecule is IC1=C=[SH]C=C1. The molecule has 0 N–H and O–H groups in total. The van der Waals surface area contributed by atoms with Gasteiger partial charge < -0.3 is 0 Å². The summed E-state index contributed by atoms with van der Waals surface area (Å²) < 4.78 is 1.23. The lowest BCUT2D eigenvalue weighted by molar-refractivity contribution is 2.18. The van der Waals surface area contributed by atoms with Crippen LogP contribution in [0.25, 0.3) is 0 Å². The number of halogens is 1. The van der Waals surface area contributed by atoms with Crippen molar-refractivity contribution < 1.29 is 0 Å². The van der Waals surface area contributed by atoms with Crippen molar-refractivity contribution in [2.24, 2.45) is 0 Å². The summed E-state index contributed by atoms with van der Waals surface area (Å²) in [7, 11) is 0. The predicted molar refractivity (Wildman–Crippen MR) is 40.7 cm³/mol. The molecular weight excluding hydrogens is 207 g/mol. The molecule has 0 fully saturated rings. The smallest absolute Gasteiger partial charge is 0.0615 e. The number of allylic oxidation sites excluding steroid dienone is 2. The van der Waals surface area contributed by atoms with E-state index in [1.807, 2.05) is 0 Å². The van der Waals surface area contributed by atoms with E-state index in [0.29, 0.717) is 0 Å². The van der Waals surface area contributed by atoms with Crippen LogP contribution in [-0.2, 0) is 0 Å². The van der Waals surface area contributed by atoms with Crippen LogP contribution in [0.3, 0.4) is 0 Å². The third-order valence-corrected chi connectivity index (χ3v) is 2.19. The van der Waals surface area contributed by atoms with Gasteiger partial charge in [-0.2, -0.15) is 0 Å². The monoisotopic (exact) mass is 210 g/mol. The Labute approximate surface area is 54.0 Å². The first-order valence-corrected chi connectivity index (χ1v) is 3.59. The van der Waals surface area contributed by atoms with E-state index in [1.54, 1.807) is 0 Å². The molecule has 0 bridgehead atoms. The molecule has 0 radical (unpaired) electrons. The fraction of sp³-hybridized carbons (Fsp3) is 0. The highest BCUT2D eigenvalue weighted by molar-refractivity contribution is 14.1. The summed E-state index contributed by atoms with van der Waals surface area (Å²) in [6.07, 6.45) is 2.06. The molecule has 0 aromatic heterocycles. The van der Waals surface area contributed by atoms with Gasteiger partial charge in [0.2, 0.25) is 0 Å². The zero-order valence-electron chi connectivity index (χ0n) is 2.98. The maximum atomic E-state index is 3.08. The third kappa shape index (κ3) is 0.965. The van der Waals surface area contributed by atoms with Gasteiger partial charge in [0, 0.05) is 0 Å². The fourth-order valence-corrected chi connectivity index (χ4v) is 1.62. The van der Waals surface area contributed by atoms with Gasteiger partial charge in [-0.15, -0.1) is 11.4 Å². The van der Waals surface area contributed by atoms with Gasteiger partial charge in [-0.1, -0.05) is 5.02 Å². The van der Waals surface area contributed by atoms with Crippen LogP contribution in [-0.4, -0.2) is 5.02 Å². The molecular formula is C4H3IS. The van der Waals surface area contributed by atoms with Crippen LogP contribution >= 0.6 is 33.9 Å². The van der Waals surface area contributed by atoms with Gasteiger partial charge in [0.25, 0.3) is 0 Å². The predicted octanol–water partition coefficient (Wildman–Crippen LogP) is 1.70. The summed E-state index contributed by atoms with van der Waals surface area (Å²) in [5.41, 5.74) is 0. The van der Waals surface area contributed by atoms with Crippen LogP contribution in [0.5, 0.6) is 0 Å². The number of thiol groups is 1. The first-order valence-electron chi connectivity index (χ1n) is 1.54. The second kappa shape index (κ2) is 1.96. The molecule has 0 aromatic rings. The van der Waals surface area contributed by atoms with Gasteiger partial charge in [0.05, 0.1) is 3.58 Å². The van der Waals surface area contributed by atoms with Crippen molar-refractivity contribution in [1.29, 1.82) is 0 Å². The fourth-order valence-electron chi connectivity index (χ4n) is 0.239. The average Bonchev–Trinajstić information content (AvgIpc) is 1.86. The van der Waals surface area contributed by atoms with Crippen LogP contribution < -0.4 is 0 Å². The van der Waals surface area contributed by atoms with E-state index in [2.05, 4.69) is 39.1 Å². The molecule has 1 aliphatic heterocycles. The van der Waals surface area contributed by atoms with E-state index >= 15 is 0 Å². The maximum absolute atomic E-state index is 3.08. The lowest BCUT2D eigenvalue weighted by Gasteiger charge is -1.64. The number of hydrogen-bond donors (Lipinski definition) is 1. The summed E-state index contributed by atoms with van der Waals surface area (Å²) in [5.74, 6) is 0. The molecule has 6 heavy (non-hydrogen) atoms. The highest BCUT2D eigenvalue weighted by Crippen LogP contribution is 2.09. The lowest BCUT2D eigenvalue weighted by atomic mass is 10.6. The standard InChI is InChI=1S/C4H3IS/c5-4-1-2-6-3-4/h1-2,6H. The van der Waals surface area contributed by atoms with Gasteiger partial charge in [-0.05, 0) is 34.1 Å². The van der Waals surface area contributed by atoms with Crippen molar-refractivity contribution in [1.82, 2.24) is 0 Å². The van der Waals surface area contributed by atoms with Crippen LogP contribution in [0, 0.1) is 0 Å². The van der Waals surface area contributed by atoms with Crippen molar-refractivity contribution in [3.63, 3.8) is 0 Å². The highest BCUT2D eigenvalue weighted by Gasteiger charge is 1.79. The molecule has 0 nitrogen and oxygen atoms in total. The van der Waals surface area contributed by atoms with Crippen LogP contribution in [0.4, 0.5) is 0 Å². The summed E-state index contributed by atoms with van der Waals surface area (Å²) in [6.45, 7) is 0. The molecule has 1 aliphatic rings. The van der Waals surface area contributed by atoms with E-state index < -0.39 is 0 Å². The zero-order chi connectivity index (χ0) is 4.41. The van der Waals surface area contributed by atoms with E-state index in [4.69, 9.17) is 0 Å². The quantitative estimate of drug-likeness (QED) is 0.351. The van der Waals surface area contributed by atoms with Crippen molar-refractivity contribution in [2.45, 2.75) is 0 Å². The van der Waals surface area contributed by atoms with Gasteiger partial charge >= 0.3 is 0 Å². The summed E-state index contributed by atoms with van der Waals surface area (Å²) in [5, 5.41) is 5.16. The summed E-state index contributed by atoms with van der Waals surface area (Å²) in [6, 6.07) is 0. The zero-order valence-corrected chi connectivity index (χ0v) is 6.03. The molecule has 0 unspecified atom stereocenters. The molecule has 0 aliphatic carbocycles. The number of rotatable bonds is 0. The Kier molecular flexibility index (Phi) is 1.51. The molecule has 0 atom stereocenters. The molecule has 1 heterocycles. The largest absolute Gasteiger partial charge is 0.132 e. The van der Waals surface area contributed by atoms with E-state index in [1.165, 1.54) is 14.9 Å². The summed E-state index contributed by atoms with van der Waals surface area (Å²) >= 11 is 3.45. The second-order valence-electron chi connectivity index (χ2n) is 0.905. The Balaban J connectivity index is 2.98. The van der Waals surface area contributed by atoms with Gasteiger partial charge in [0.1, 0.15) is 0 Å². The third-order valence-electron chi connectivity index (χ3n) is 0.467. The lowest BCUT2D eigenvalue weighted by Crippen LogP contribution is -1.46. The van der Waals surface area contributed by atoms with Gasteiger partial charge in [-0.25, -0.2) is 0 Å². The first-order chi connectivity index (χ1) is 2.89. The minimum Gasteiger partial charge on any atom is -0.132 e. The minimum atomic E-state index is 1.21. The average molecular weight is 210 g/mol. The number of hydrogen-bond acceptors (Lipinski definition) is 0. The van der Waals surface area contributed by atoms with E-state index in [9.17, 15) is 0 Å². The van der Waals surface area contributed by atoms with Crippen LogP contribution in [0.15, 0.2) is 15.1 Å². The van der Waals surface area contributed by atoms with Crippen molar-refractivity contribution in [2.75, 3.05) is 0 Å². The maximum Gasteiger partial charge on any atom is 0.0615 e. The Bertz CT molecular complexity index is 140. The Hall–Kier alpha value is 0.470. The minimum absolute atomic E-state index is 1.21. The second-order valence-corrected chi connectivity index (χ2v) is 2.85. The van der Waals surface area contributed by atoms with Crippen molar-refractivity contribution >= 4 is 39.0 Å². The molecule has 0 spiro atoms. The Morgan fingerprint density at radius 1 is 1.83 bits per heavy atom. The van der Waals surface area contributed by atoms with Crippen molar-refractivity contribution in [3.8, 4) is 0 Å².